The first-order valence-electron chi connectivity index (χ1n) is 26.5. The number of aromatic nitrogens is 3. The van der Waals surface area contributed by atoms with Gasteiger partial charge in [-0.05, 0) is 117 Å². The number of benzene rings is 12. The van der Waals surface area contributed by atoms with E-state index >= 15 is 0 Å². The summed E-state index contributed by atoms with van der Waals surface area (Å²) >= 11 is 1.87. The summed E-state index contributed by atoms with van der Waals surface area (Å²) in [6.07, 6.45) is 0. The molecule has 0 spiro atoms. The maximum atomic E-state index is 2.55. The molecule has 4 aromatic heterocycles. The number of fused-ring (bicyclic) bond motifs is 12. The van der Waals surface area contributed by atoms with E-state index in [0.717, 1.165) is 17.1 Å². The molecule has 77 heavy (non-hydrogen) atoms. The van der Waals surface area contributed by atoms with E-state index in [1.54, 1.807) is 0 Å². The zero-order valence-corrected chi connectivity index (χ0v) is 43.7. The Bertz CT molecular complexity index is 4930. The third-order valence-electron chi connectivity index (χ3n) is 16.4. The van der Waals surface area contributed by atoms with E-state index in [0.29, 0.717) is 0 Å². The van der Waals surface area contributed by atoms with Gasteiger partial charge in [-0.15, -0.1) is 11.3 Å². The Morgan fingerprint density at radius 2 is 0.740 bits per heavy atom. The summed E-state index contributed by atoms with van der Waals surface area (Å²) in [5.74, 6) is 0. The van der Waals surface area contributed by atoms with E-state index in [-0.39, 0.29) is 0 Å². The Balaban J connectivity index is 0.939. The number of thiophene rings is 1. The van der Waals surface area contributed by atoms with Crippen LogP contribution >= 0.6 is 11.3 Å². The monoisotopic (exact) mass is 1010 g/mol. The van der Waals surface area contributed by atoms with Crippen LogP contribution in [0.25, 0.3) is 114 Å². The second kappa shape index (κ2) is 17.3. The van der Waals surface area contributed by atoms with Crippen molar-refractivity contribution >= 4 is 126 Å². The van der Waals surface area contributed by atoms with Gasteiger partial charge in [-0.25, -0.2) is 0 Å². The highest BCUT2D eigenvalue weighted by atomic mass is 32.1. The van der Waals surface area contributed by atoms with Crippen molar-refractivity contribution in [3.63, 3.8) is 0 Å². The molecular formula is C72H47N3SSi. The molecule has 0 saturated carbocycles. The van der Waals surface area contributed by atoms with Gasteiger partial charge in [0.15, 0.2) is 8.07 Å². The van der Waals surface area contributed by atoms with Gasteiger partial charge in [-0.3, -0.25) is 0 Å². The molecule has 16 aromatic rings. The molecule has 0 aliphatic rings. The van der Waals surface area contributed by atoms with E-state index in [4.69, 9.17) is 0 Å². The highest BCUT2D eigenvalue weighted by Gasteiger charge is 2.43. The van der Waals surface area contributed by atoms with Crippen molar-refractivity contribution in [2.75, 3.05) is 0 Å². The van der Waals surface area contributed by atoms with Crippen LogP contribution in [0.15, 0.2) is 285 Å². The summed E-state index contributed by atoms with van der Waals surface area (Å²) in [7, 11) is -3.14. The fourth-order valence-electron chi connectivity index (χ4n) is 13.2. The molecule has 360 valence electrons. The van der Waals surface area contributed by atoms with Gasteiger partial charge < -0.3 is 13.7 Å². The Hall–Kier alpha value is -9.52. The second-order valence-corrected chi connectivity index (χ2v) is 25.2. The topological polar surface area (TPSA) is 14.8 Å². The van der Waals surface area contributed by atoms with E-state index in [2.05, 4.69) is 299 Å². The first-order chi connectivity index (χ1) is 38.2. The molecule has 0 radical (unpaired) electrons. The molecule has 0 bridgehead atoms. The van der Waals surface area contributed by atoms with Crippen LogP contribution < -0.4 is 20.7 Å². The van der Waals surface area contributed by atoms with Crippen molar-refractivity contribution in [2.45, 2.75) is 0 Å². The molecule has 3 nitrogen and oxygen atoms in total. The van der Waals surface area contributed by atoms with Crippen LogP contribution in [0.5, 0.6) is 0 Å². The highest BCUT2D eigenvalue weighted by molar-refractivity contribution is 7.26. The number of para-hydroxylation sites is 4. The third kappa shape index (κ3) is 6.48. The Morgan fingerprint density at radius 3 is 1.42 bits per heavy atom. The van der Waals surface area contributed by atoms with Crippen LogP contribution in [-0.4, -0.2) is 21.8 Å². The molecule has 0 aliphatic heterocycles. The minimum atomic E-state index is -3.14. The van der Waals surface area contributed by atoms with Crippen LogP contribution in [0.3, 0.4) is 0 Å². The second-order valence-electron chi connectivity index (χ2n) is 20.3. The van der Waals surface area contributed by atoms with E-state index in [1.165, 1.54) is 117 Å². The molecule has 0 N–H and O–H groups in total. The summed E-state index contributed by atoms with van der Waals surface area (Å²) in [6.45, 7) is 0. The fourth-order valence-corrected chi connectivity index (χ4v) is 19.3. The van der Waals surface area contributed by atoms with Crippen molar-refractivity contribution in [1.82, 2.24) is 13.7 Å². The summed E-state index contributed by atoms with van der Waals surface area (Å²) < 4.78 is 10.0. The molecule has 16 rings (SSSR count). The number of hydrogen-bond donors (Lipinski definition) is 0. The van der Waals surface area contributed by atoms with Crippen LogP contribution in [0.4, 0.5) is 0 Å². The minimum Gasteiger partial charge on any atom is -0.309 e. The molecule has 0 atom stereocenters. The SMILES string of the molecule is c1ccc(-c2cccc3sc4ccc(-n5c6ccccc6c6cc(-n7c8ccccc8c8c([Si](c9ccccc9)(c9ccccc9)c9ccc%10c(c9)c9ccccc9n%10-c9ccccc9)cccc87)ccc65)cc4c23)cc1. The molecule has 4 heterocycles. The quantitative estimate of drug-likeness (QED) is 0.106. The zero-order chi connectivity index (χ0) is 50.6. The van der Waals surface area contributed by atoms with Gasteiger partial charge in [0.1, 0.15) is 0 Å². The lowest BCUT2D eigenvalue weighted by atomic mass is 9.99. The Kier molecular flexibility index (Phi) is 9.83. The van der Waals surface area contributed by atoms with Crippen molar-refractivity contribution in [1.29, 1.82) is 0 Å². The first-order valence-corrected chi connectivity index (χ1v) is 29.3. The smallest absolute Gasteiger partial charge is 0.180 e. The number of hydrogen-bond acceptors (Lipinski definition) is 1. The standard InChI is InChI=1S/C72H47N3SSi/c1-5-21-48(22-6-1)55-32-19-37-69-71(55)61-46-51(40-44-68(61)76-69)74-63-34-17-13-29-56(63)59-45-50(39-42-65(59)74)75-64-35-18-15-31-58(64)72-67(75)36-20-38-70(72)77(52-25-9-3-10-26-52,53-27-11-4-12-28-53)54-41-43-66-60(47-54)57-30-14-16-33-62(57)73(66)49-23-7-2-8-24-49/h1-47H. The summed E-state index contributed by atoms with van der Waals surface area (Å²) in [4.78, 5) is 0. The van der Waals surface area contributed by atoms with Crippen molar-refractivity contribution in [3.8, 4) is 28.2 Å². The molecule has 0 amide bonds. The first kappa shape index (κ1) is 43.8. The highest BCUT2D eigenvalue weighted by Crippen LogP contribution is 2.43. The van der Waals surface area contributed by atoms with E-state index in [9.17, 15) is 0 Å². The molecule has 12 aromatic carbocycles. The van der Waals surface area contributed by atoms with Crippen molar-refractivity contribution in [3.05, 3.63) is 285 Å². The van der Waals surface area contributed by atoms with Crippen LogP contribution in [0.1, 0.15) is 0 Å². The van der Waals surface area contributed by atoms with Gasteiger partial charge in [0, 0.05) is 69.6 Å². The lowest BCUT2D eigenvalue weighted by molar-refractivity contribution is 1.17. The molecule has 5 heteroatoms. The van der Waals surface area contributed by atoms with Crippen LogP contribution in [-0.2, 0) is 0 Å². The van der Waals surface area contributed by atoms with Gasteiger partial charge in [0.25, 0.3) is 0 Å². The Morgan fingerprint density at radius 1 is 0.260 bits per heavy atom. The van der Waals surface area contributed by atoms with Gasteiger partial charge in [0.2, 0.25) is 0 Å². The van der Waals surface area contributed by atoms with Crippen molar-refractivity contribution < 1.29 is 0 Å². The minimum absolute atomic E-state index is 1.14. The van der Waals surface area contributed by atoms with Gasteiger partial charge in [-0.1, -0.05) is 200 Å². The van der Waals surface area contributed by atoms with Crippen LogP contribution in [0.2, 0.25) is 0 Å². The van der Waals surface area contributed by atoms with E-state index < -0.39 is 8.07 Å². The lowest BCUT2D eigenvalue weighted by Crippen LogP contribution is -2.74. The maximum Gasteiger partial charge on any atom is 0.180 e. The lowest BCUT2D eigenvalue weighted by Gasteiger charge is -2.35. The molecular weight excluding hydrogens is 967 g/mol. The van der Waals surface area contributed by atoms with Crippen LogP contribution in [0, 0.1) is 0 Å². The van der Waals surface area contributed by atoms with Gasteiger partial charge in [-0.2, -0.15) is 0 Å². The fraction of sp³-hybridized carbons (Fsp3) is 0. The van der Waals surface area contributed by atoms with Gasteiger partial charge >= 0.3 is 0 Å². The normalized spacial score (nSPS) is 12.2. The third-order valence-corrected chi connectivity index (χ3v) is 22.3. The Labute approximate surface area is 450 Å². The molecule has 0 unspecified atom stereocenters. The maximum absolute atomic E-state index is 3.14. The zero-order valence-electron chi connectivity index (χ0n) is 41.9. The average Bonchev–Trinajstić information content (AvgIpc) is 4.45. The average molecular weight is 1010 g/mol. The predicted octanol–water partition coefficient (Wildman–Crippen LogP) is 16.4. The number of nitrogens with zero attached hydrogens (tertiary/aromatic N) is 3. The van der Waals surface area contributed by atoms with Gasteiger partial charge in [0.05, 0.1) is 33.1 Å². The molecule has 0 saturated heterocycles. The predicted molar refractivity (Wildman–Crippen MR) is 331 cm³/mol. The summed E-state index contributed by atoms with van der Waals surface area (Å²) in [6, 6.07) is 107. The summed E-state index contributed by atoms with van der Waals surface area (Å²) in [5.41, 5.74) is 13.1. The van der Waals surface area contributed by atoms with E-state index in [1.807, 2.05) is 11.3 Å². The molecule has 0 fully saturated rings. The van der Waals surface area contributed by atoms with Crippen molar-refractivity contribution in [2.24, 2.45) is 0 Å². The largest absolute Gasteiger partial charge is 0.309 e. The number of rotatable bonds is 8. The summed E-state index contributed by atoms with van der Waals surface area (Å²) in [5, 5.41) is 15.5. The molecule has 0 aliphatic carbocycles.